The second-order valence-corrected chi connectivity index (χ2v) is 9.95. The molecule has 0 aliphatic carbocycles. The second kappa shape index (κ2) is 13.5. The third-order valence-corrected chi connectivity index (χ3v) is 6.93. The van der Waals surface area contributed by atoms with Crippen molar-refractivity contribution in [3.63, 3.8) is 0 Å². The summed E-state index contributed by atoms with van der Waals surface area (Å²) in [7, 11) is 3.48. The van der Waals surface area contributed by atoms with E-state index in [0.29, 0.717) is 37.7 Å². The molecule has 4 unspecified atom stereocenters. The Balaban J connectivity index is 2.17. The Kier molecular flexibility index (Phi) is 11.4. The summed E-state index contributed by atoms with van der Waals surface area (Å²) in [5, 5.41) is 29.1. The lowest BCUT2D eigenvalue weighted by molar-refractivity contribution is -0.0566. The molecule has 0 bridgehead atoms. The average Bonchev–Trinajstić information content (AvgIpc) is 2.81. The van der Waals surface area contributed by atoms with Crippen LogP contribution in [-0.2, 0) is 10.3 Å². The number of aliphatic hydroxyl groups excluding tert-OH is 1. The number of piperidine rings is 1. The monoisotopic (exact) mass is 483 g/mol. The van der Waals surface area contributed by atoms with Crippen LogP contribution in [0.2, 0.25) is 5.02 Å². The van der Waals surface area contributed by atoms with Gasteiger partial charge in [-0.15, -0.1) is 0 Å². The molecule has 33 heavy (non-hydrogen) atoms. The summed E-state index contributed by atoms with van der Waals surface area (Å²) < 4.78 is 5.18. The summed E-state index contributed by atoms with van der Waals surface area (Å²) in [4.78, 5) is 14.9. The van der Waals surface area contributed by atoms with Gasteiger partial charge in [0.05, 0.1) is 17.7 Å². The zero-order chi connectivity index (χ0) is 24.4. The Morgan fingerprint density at radius 2 is 2.12 bits per heavy atom. The molecule has 7 nitrogen and oxygen atoms in total. The maximum Gasteiger partial charge on any atom is 0.317 e. The Labute approximate surface area is 203 Å². The van der Waals surface area contributed by atoms with E-state index in [2.05, 4.69) is 10.6 Å². The summed E-state index contributed by atoms with van der Waals surface area (Å²) in [5.74, 6) is -0.0893. The number of hydrogen-bond donors (Lipinski definition) is 4. The quantitative estimate of drug-likeness (QED) is 0.342. The first-order valence-electron chi connectivity index (χ1n) is 12.1. The number of urea groups is 1. The van der Waals surface area contributed by atoms with Gasteiger partial charge in [0.15, 0.2) is 0 Å². The van der Waals surface area contributed by atoms with E-state index < -0.39 is 11.7 Å². The topological polar surface area (TPSA) is 94.1 Å². The van der Waals surface area contributed by atoms with Gasteiger partial charge in [0.25, 0.3) is 0 Å². The zero-order valence-electron chi connectivity index (χ0n) is 20.5. The molecule has 1 fully saturated rings. The van der Waals surface area contributed by atoms with Crippen LogP contribution < -0.4 is 10.6 Å². The number of methoxy groups -OCH3 is 1. The molecule has 4 atom stereocenters. The van der Waals surface area contributed by atoms with Crippen molar-refractivity contribution in [3.05, 3.63) is 34.9 Å². The number of benzene rings is 1. The standard InChI is InChI=1S/C25H42ClN3O4/c1-18(2)23(30)22(16-27-3)28-24(31)29-13-8-10-20(17-29)25(32,12-5-6-14-33-4)19-9-7-11-21(26)15-19/h7,9,11,15,18,20,22-23,27,30,32H,5-6,8,10,12-14,16-17H2,1-4H3,(H,28,31). The molecular formula is C25H42ClN3O4. The van der Waals surface area contributed by atoms with E-state index in [1.54, 1.807) is 25.1 Å². The van der Waals surface area contributed by atoms with Crippen molar-refractivity contribution in [1.29, 1.82) is 0 Å². The average molecular weight is 484 g/mol. The van der Waals surface area contributed by atoms with Gasteiger partial charge in [-0.25, -0.2) is 4.79 Å². The first-order chi connectivity index (χ1) is 15.7. The second-order valence-electron chi connectivity index (χ2n) is 9.52. The highest BCUT2D eigenvalue weighted by Gasteiger charge is 2.41. The summed E-state index contributed by atoms with van der Waals surface area (Å²) in [5.41, 5.74) is -0.290. The Hall–Kier alpha value is -1.38. The third kappa shape index (κ3) is 7.82. The maximum absolute atomic E-state index is 13.1. The maximum atomic E-state index is 13.1. The molecule has 188 valence electrons. The summed E-state index contributed by atoms with van der Waals surface area (Å²) in [6.45, 7) is 6.07. The van der Waals surface area contributed by atoms with Gasteiger partial charge >= 0.3 is 6.03 Å². The van der Waals surface area contributed by atoms with Gasteiger partial charge in [0.2, 0.25) is 0 Å². The van der Waals surface area contributed by atoms with E-state index in [0.717, 1.165) is 31.2 Å². The predicted molar refractivity (Wildman–Crippen MR) is 132 cm³/mol. The molecule has 1 aromatic rings. The molecule has 2 rings (SSSR count). The highest BCUT2D eigenvalue weighted by Crippen LogP contribution is 2.40. The normalized spacial score (nSPS) is 20.4. The van der Waals surface area contributed by atoms with Crippen LogP contribution in [0.15, 0.2) is 24.3 Å². The van der Waals surface area contributed by atoms with Crippen LogP contribution in [0.25, 0.3) is 0 Å². The number of halogens is 1. The van der Waals surface area contributed by atoms with Crippen LogP contribution in [-0.4, -0.2) is 73.7 Å². The molecular weight excluding hydrogens is 442 g/mol. The van der Waals surface area contributed by atoms with Gasteiger partial charge in [-0.05, 0) is 62.8 Å². The number of hydrogen-bond acceptors (Lipinski definition) is 5. The molecule has 0 saturated carbocycles. The number of carbonyl (C=O) groups excluding carboxylic acids is 1. The van der Waals surface area contributed by atoms with Crippen molar-refractivity contribution >= 4 is 17.6 Å². The number of likely N-dealkylation sites (N-methyl/N-ethyl adjacent to an activating group) is 1. The third-order valence-electron chi connectivity index (χ3n) is 6.69. The molecule has 2 amide bonds. The van der Waals surface area contributed by atoms with Gasteiger partial charge in [0.1, 0.15) is 0 Å². The number of unbranched alkanes of at least 4 members (excludes halogenated alkanes) is 1. The highest BCUT2D eigenvalue weighted by molar-refractivity contribution is 6.30. The Morgan fingerprint density at radius 1 is 1.36 bits per heavy atom. The fourth-order valence-electron chi connectivity index (χ4n) is 4.73. The first kappa shape index (κ1) is 27.9. The lowest BCUT2D eigenvalue weighted by Crippen LogP contribution is -2.57. The van der Waals surface area contributed by atoms with Gasteiger partial charge in [0, 0.05) is 44.3 Å². The number of ether oxygens (including phenoxy) is 1. The Bertz CT molecular complexity index is 735. The van der Waals surface area contributed by atoms with Crippen LogP contribution >= 0.6 is 11.6 Å². The molecule has 1 saturated heterocycles. The molecule has 1 aliphatic rings. The fourth-order valence-corrected chi connectivity index (χ4v) is 4.92. The van der Waals surface area contributed by atoms with E-state index in [9.17, 15) is 15.0 Å². The smallest absolute Gasteiger partial charge is 0.317 e. The van der Waals surface area contributed by atoms with E-state index in [1.807, 2.05) is 32.0 Å². The number of carbonyl (C=O) groups is 1. The molecule has 4 N–H and O–H groups in total. The first-order valence-corrected chi connectivity index (χ1v) is 12.5. The molecule has 1 heterocycles. The van der Waals surface area contributed by atoms with Crippen molar-refractivity contribution in [3.8, 4) is 0 Å². The van der Waals surface area contributed by atoms with E-state index >= 15 is 0 Å². The van der Waals surface area contributed by atoms with E-state index in [1.165, 1.54) is 0 Å². The lowest BCUT2D eigenvalue weighted by Gasteiger charge is -2.43. The summed E-state index contributed by atoms with van der Waals surface area (Å²) >= 11 is 6.26. The van der Waals surface area contributed by atoms with Crippen molar-refractivity contribution in [2.45, 2.75) is 63.7 Å². The van der Waals surface area contributed by atoms with Crippen LogP contribution in [0.5, 0.6) is 0 Å². The number of amides is 2. The summed E-state index contributed by atoms with van der Waals surface area (Å²) in [6.07, 6.45) is 3.23. The lowest BCUT2D eigenvalue weighted by atomic mass is 9.74. The minimum atomic E-state index is -1.08. The fraction of sp³-hybridized carbons (Fsp3) is 0.720. The van der Waals surface area contributed by atoms with Crippen LogP contribution in [0.4, 0.5) is 4.79 Å². The number of nitrogens with one attached hydrogen (secondary N) is 2. The van der Waals surface area contributed by atoms with Crippen molar-refractivity contribution < 1.29 is 19.7 Å². The largest absolute Gasteiger partial charge is 0.391 e. The van der Waals surface area contributed by atoms with Crippen LogP contribution in [0.1, 0.15) is 51.5 Å². The Morgan fingerprint density at radius 3 is 2.76 bits per heavy atom. The van der Waals surface area contributed by atoms with Gasteiger partial charge < -0.3 is 30.5 Å². The van der Waals surface area contributed by atoms with Gasteiger partial charge in [-0.3, -0.25) is 0 Å². The molecule has 0 aromatic heterocycles. The van der Waals surface area contributed by atoms with E-state index in [4.69, 9.17) is 16.3 Å². The minimum Gasteiger partial charge on any atom is -0.391 e. The molecule has 8 heteroatoms. The number of rotatable bonds is 12. The minimum absolute atomic E-state index is 0.0257. The highest BCUT2D eigenvalue weighted by atomic mass is 35.5. The van der Waals surface area contributed by atoms with Crippen LogP contribution in [0.3, 0.4) is 0 Å². The molecule has 0 spiro atoms. The number of likely N-dealkylation sites (tertiary alicyclic amines) is 1. The molecule has 0 radical (unpaired) electrons. The van der Waals surface area contributed by atoms with Gasteiger partial charge in [-0.1, -0.05) is 37.6 Å². The van der Waals surface area contributed by atoms with Crippen molar-refractivity contribution in [2.75, 3.05) is 40.4 Å². The van der Waals surface area contributed by atoms with Crippen LogP contribution in [0, 0.1) is 11.8 Å². The van der Waals surface area contributed by atoms with Crippen molar-refractivity contribution in [2.24, 2.45) is 11.8 Å². The van der Waals surface area contributed by atoms with Gasteiger partial charge in [-0.2, -0.15) is 0 Å². The van der Waals surface area contributed by atoms with E-state index in [-0.39, 0.29) is 23.9 Å². The van der Waals surface area contributed by atoms with Crippen molar-refractivity contribution in [1.82, 2.24) is 15.5 Å². The molecule has 1 aliphatic heterocycles. The predicted octanol–water partition coefficient (Wildman–Crippen LogP) is 3.37. The SMILES string of the molecule is CNCC(NC(=O)N1CCCC(C(O)(CCCCOC)c2cccc(Cl)c2)C1)C(O)C(C)C. The zero-order valence-corrected chi connectivity index (χ0v) is 21.3. The summed E-state index contributed by atoms with van der Waals surface area (Å²) in [6, 6.07) is 6.83. The number of nitrogens with zero attached hydrogens (tertiary/aromatic N) is 1. The number of aliphatic hydroxyl groups is 2. The molecule has 1 aromatic carbocycles.